The lowest BCUT2D eigenvalue weighted by Gasteiger charge is -2.57. The molecule has 198 valence electrons. The summed E-state index contributed by atoms with van der Waals surface area (Å²) < 4.78 is 48.3. The Kier molecular flexibility index (Phi) is 5.96. The van der Waals surface area contributed by atoms with Crippen LogP contribution >= 0.6 is 0 Å². The molecule has 3 fully saturated rings. The van der Waals surface area contributed by atoms with Crippen LogP contribution in [0.25, 0.3) is 5.65 Å². The van der Waals surface area contributed by atoms with E-state index < -0.39 is 11.7 Å². The monoisotopic (exact) mass is 515 g/mol. The van der Waals surface area contributed by atoms with Crippen molar-refractivity contribution in [2.24, 2.45) is 5.41 Å². The quantitative estimate of drug-likeness (QED) is 0.559. The molecule has 3 aromatic rings. The number of ether oxygens (including phenoxy) is 1. The van der Waals surface area contributed by atoms with Crippen molar-refractivity contribution in [3.63, 3.8) is 0 Å². The molecule has 1 N–H and O–H groups in total. The minimum Gasteiger partial charge on any atom is -0.393 e. The molecule has 10 heteroatoms. The van der Waals surface area contributed by atoms with Crippen LogP contribution in [0.4, 0.5) is 19.0 Å². The number of nitrogens with zero attached hydrogens (tertiary/aromatic N) is 5. The van der Waals surface area contributed by atoms with E-state index in [0.29, 0.717) is 31.7 Å². The van der Waals surface area contributed by atoms with Gasteiger partial charge in [0.05, 0.1) is 36.3 Å². The number of aryl methyl sites for hydroxylation is 1. The molecule has 2 aliphatic heterocycles. The van der Waals surface area contributed by atoms with Crippen molar-refractivity contribution in [3.8, 4) is 0 Å². The van der Waals surface area contributed by atoms with Crippen LogP contribution in [0.1, 0.15) is 46.5 Å². The smallest absolute Gasteiger partial charge is 0.393 e. The van der Waals surface area contributed by atoms with Gasteiger partial charge in [0, 0.05) is 44.6 Å². The van der Waals surface area contributed by atoms with Crippen molar-refractivity contribution in [3.05, 3.63) is 57.9 Å². The third kappa shape index (κ3) is 4.49. The fraction of sp³-hybridized carbons (Fsp3) is 0.556. The van der Waals surface area contributed by atoms with Gasteiger partial charge < -0.3 is 14.7 Å². The summed E-state index contributed by atoms with van der Waals surface area (Å²) in [5.74, 6) is 0.825. The molecule has 1 saturated carbocycles. The number of imidazole rings is 1. The number of aliphatic hydroxyl groups is 1. The van der Waals surface area contributed by atoms with Gasteiger partial charge in [0.1, 0.15) is 5.82 Å². The molecular formula is C27H32F3N5O2. The van der Waals surface area contributed by atoms with Gasteiger partial charge in [0.2, 0.25) is 0 Å². The number of aliphatic hydroxyl groups excluding tert-OH is 1. The minimum absolute atomic E-state index is 0.192. The van der Waals surface area contributed by atoms with Crippen LogP contribution in [0, 0.1) is 19.3 Å². The highest BCUT2D eigenvalue weighted by Gasteiger charge is 2.51. The number of benzene rings is 1. The number of likely N-dealkylation sites (tertiary alicyclic amines) is 1. The van der Waals surface area contributed by atoms with Gasteiger partial charge in [0.15, 0.2) is 5.65 Å². The van der Waals surface area contributed by atoms with Crippen molar-refractivity contribution in [2.75, 3.05) is 44.3 Å². The van der Waals surface area contributed by atoms with Crippen LogP contribution in [0.3, 0.4) is 0 Å². The predicted octanol–water partition coefficient (Wildman–Crippen LogP) is 3.75. The lowest BCUT2D eigenvalue weighted by Crippen LogP contribution is -2.63. The number of anilines is 1. The average molecular weight is 516 g/mol. The number of aromatic nitrogens is 3. The first-order chi connectivity index (χ1) is 17.6. The maximum absolute atomic E-state index is 13.6. The van der Waals surface area contributed by atoms with E-state index in [2.05, 4.69) is 9.80 Å². The third-order valence-electron chi connectivity index (χ3n) is 8.20. The molecule has 1 aliphatic carbocycles. The van der Waals surface area contributed by atoms with E-state index in [4.69, 9.17) is 14.8 Å². The number of hydrogen-bond acceptors (Lipinski definition) is 6. The minimum atomic E-state index is -4.40. The van der Waals surface area contributed by atoms with E-state index >= 15 is 0 Å². The van der Waals surface area contributed by atoms with Crippen molar-refractivity contribution >= 4 is 11.5 Å². The third-order valence-corrected chi connectivity index (χ3v) is 8.20. The lowest BCUT2D eigenvalue weighted by atomic mass is 9.62. The second-order valence-electron chi connectivity index (χ2n) is 11.0. The molecule has 1 spiro atoms. The maximum atomic E-state index is 13.6. The van der Waals surface area contributed by atoms with E-state index in [-0.39, 0.29) is 17.1 Å². The molecule has 0 radical (unpaired) electrons. The van der Waals surface area contributed by atoms with E-state index in [1.165, 1.54) is 6.07 Å². The van der Waals surface area contributed by atoms with Gasteiger partial charge in [0.25, 0.3) is 0 Å². The van der Waals surface area contributed by atoms with Gasteiger partial charge in [-0.15, -0.1) is 5.10 Å². The topological polar surface area (TPSA) is 66.1 Å². The first-order valence-electron chi connectivity index (χ1n) is 12.9. The Labute approximate surface area is 213 Å². The molecule has 2 saturated heterocycles. The number of morpholine rings is 1. The zero-order chi connectivity index (χ0) is 25.9. The van der Waals surface area contributed by atoms with Crippen molar-refractivity contribution in [2.45, 2.75) is 51.9 Å². The van der Waals surface area contributed by atoms with Crippen LogP contribution in [0.2, 0.25) is 0 Å². The van der Waals surface area contributed by atoms with Crippen LogP contribution in [-0.4, -0.2) is 70.1 Å². The van der Waals surface area contributed by atoms with E-state index in [1.54, 1.807) is 13.0 Å². The molecule has 37 heavy (non-hydrogen) atoms. The van der Waals surface area contributed by atoms with Gasteiger partial charge in [-0.25, -0.2) is 9.50 Å². The summed E-state index contributed by atoms with van der Waals surface area (Å²) in [5, 5.41) is 14.7. The van der Waals surface area contributed by atoms with E-state index in [9.17, 15) is 18.3 Å². The van der Waals surface area contributed by atoms with Crippen molar-refractivity contribution in [1.82, 2.24) is 19.5 Å². The number of rotatable bonds is 5. The Morgan fingerprint density at radius 2 is 1.86 bits per heavy atom. The highest BCUT2D eigenvalue weighted by molar-refractivity contribution is 5.56. The largest absolute Gasteiger partial charge is 0.416 e. The summed E-state index contributed by atoms with van der Waals surface area (Å²) in [7, 11) is 0. The van der Waals surface area contributed by atoms with Crippen molar-refractivity contribution < 1.29 is 23.0 Å². The number of fused-ring (bicyclic) bond motifs is 1. The average Bonchev–Trinajstić information content (AvgIpc) is 3.15. The van der Waals surface area contributed by atoms with Gasteiger partial charge in [-0.2, -0.15) is 13.2 Å². The fourth-order valence-corrected chi connectivity index (χ4v) is 6.28. The van der Waals surface area contributed by atoms with E-state index in [1.807, 2.05) is 17.5 Å². The maximum Gasteiger partial charge on any atom is 0.416 e. The molecule has 6 rings (SSSR count). The first-order valence-corrected chi connectivity index (χ1v) is 12.9. The highest BCUT2D eigenvalue weighted by Crippen LogP contribution is 2.48. The van der Waals surface area contributed by atoms with Gasteiger partial charge in [-0.3, -0.25) is 4.90 Å². The Hall–Kier alpha value is -2.69. The zero-order valence-electron chi connectivity index (χ0n) is 21.2. The normalized spacial score (nSPS) is 20.4. The molecule has 7 nitrogen and oxygen atoms in total. The summed E-state index contributed by atoms with van der Waals surface area (Å²) in [5.41, 5.74) is 3.86. The Bertz CT molecular complexity index is 1320. The summed E-state index contributed by atoms with van der Waals surface area (Å²) in [6.07, 6.45) is -2.60. The second-order valence-corrected chi connectivity index (χ2v) is 11.0. The molecular weight excluding hydrogens is 483 g/mol. The zero-order valence-corrected chi connectivity index (χ0v) is 21.2. The van der Waals surface area contributed by atoms with Gasteiger partial charge >= 0.3 is 6.18 Å². The molecule has 4 heterocycles. The fourth-order valence-electron chi connectivity index (χ4n) is 6.28. The summed E-state index contributed by atoms with van der Waals surface area (Å²) in [6, 6.07) is 6.42. The molecule has 0 bridgehead atoms. The SMILES string of the molecule is Cc1c(Cc2c(CN3CC4(CC(O)C4)C3)nc3c(C)cc(N4CCOCC4)nn23)cccc1C(F)(F)F. The highest BCUT2D eigenvalue weighted by atomic mass is 19.4. The van der Waals surface area contributed by atoms with Crippen LogP contribution in [-0.2, 0) is 23.9 Å². The standard InChI is InChI=1S/C27H32F3N5O2/c1-17-10-24(34-6-8-37-9-7-34)32-35-23(11-19-4-3-5-21(18(19)2)27(28,29)30)22(31-25(17)35)14-33-15-26(16-33)12-20(36)13-26/h3-5,10,20,36H,6-9,11-16H2,1-2H3. The molecule has 2 aromatic heterocycles. The van der Waals surface area contributed by atoms with Gasteiger partial charge in [-0.05, 0) is 55.5 Å². The number of hydrogen-bond donors (Lipinski definition) is 1. The van der Waals surface area contributed by atoms with Crippen LogP contribution < -0.4 is 4.90 Å². The van der Waals surface area contributed by atoms with E-state index in [0.717, 1.165) is 73.5 Å². The number of alkyl halides is 3. The van der Waals surface area contributed by atoms with Crippen LogP contribution in [0.15, 0.2) is 24.3 Å². The van der Waals surface area contributed by atoms with Crippen LogP contribution in [0.5, 0.6) is 0 Å². The summed E-state index contributed by atoms with van der Waals surface area (Å²) in [6.45, 7) is 8.72. The Morgan fingerprint density at radius 1 is 1.14 bits per heavy atom. The molecule has 3 aliphatic rings. The van der Waals surface area contributed by atoms with Crippen molar-refractivity contribution in [1.29, 1.82) is 0 Å². The summed E-state index contributed by atoms with van der Waals surface area (Å²) in [4.78, 5) is 9.46. The number of halogens is 3. The molecule has 1 aromatic carbocycles. The molecule has 0 unspecified atom stereocenters. The molecule has 0 amide bonds. The second kappa shape index (κ2) is 8.96. The predicted molar refractivity (Wildman–Crippen MR) is 133 cm³/mol. The summed E-state index contributed by atoms with van der Waals surface area (Å²) >= 11 is 0. The van der Waals surface area contributed by atoms with Gasteiger partial charge in [-0.1, -0.05) is 12.1 Å². The Balaban J connectivity index is 1.39. The Morgan fingerprint density at radius 3 is 2.54 bits per heavy atom. The first kappa shape index (κ1) is 24.6. The lowest BCUT2D eigenvalue weighted by molar-refractivity contribution is -0.138. The molecule has 0 atom stereocenters.